The van der Waals surface area contributed by atoms with Gasteiger partial charge in [0.05, 0.1) is 25.1 Å². The number of ketones is 2. The monoisotopic (exact) mass is 510 g/mol. The lowest BCUT2D eigenvalue weighted by atomic mass is 9.84. The van der Waals surface area contributed by atoms with Crippen molar-refractivity contribution in [1.29, 1.82) is 0 Å². The van der Waals surface area contributed by atoms with E-state index in [1.165, 1.54) is 0 Å². The van der Waals surface area contributed by atoms with Crippen molar-refractivity contribution in [3.05, 3.63) is 0 Å². The molecule has 4 N–H and O–H groups in total. The van der Waals surface area contributed by atoms with Crippen molar-refractivity contribution in [1.82, 2.24) is 21.3 Å². The molecule has 0 aromatic carbocycles. The molecule has 1 saturated carbocycles. The van der Waals surface area contributed by atoms with Gasteiger partial charge in [-0.15, -0.1) is 0 Å². The van der Waals surface area contributed by atoms with Crippen molar-refractivity contribution < 1.29 is 28.7 Å². The molecule has 3 rings (SSSR count). The Morgan fingerprint density at radius 3 is 2.57 bits per heavy atom. The number of carbonyl (C=O) groups is 5. The number of unbranched alkanes of at least 4 members (excludes halogenated alkanes) is 2. The molecule has 4 atom stereocenters. The number of rotatable bonds is 14. The Morgan fingerprint density at radius 1 is 0.971 bits per heavy atom. The largest absolute Gasteiger partial charge is 0.450 e. The van der Waals surface area contributed by atoms with E-state index in [4.69, 9.17) is 4.74 Å². The van der Waals surface area contributed by atoms with E-state index >= 15 is 0 Å². The molecule has 3 aliphatic rings. The Labute approximate surface area is 210 Å². The summed E-state index contributed by atoms with van der Waals surface area (Å²) in [5.41, 5.74) is 0. The number of fused-ring (bicyclic) bond motifs is 1. The van der Waals surface area contributed by atoms with Crippen LogP contribution < -0.4 is 21.3 Å². The highest BCUT2D eigenvalue weighted by molar-refractivity contribution is 8.00. The lowest BCUT2D eigenvalue weighted by molar-refractivity contribution is -0.133. The van der Waals surface area contributed by atoms with E-state index < -0.39 is 6.09 Å². The predicted molar refractivity (Wildman–Crippen MR) is 132 cm³/mol. The molecule has 2 aliphatic heterocycles. The first-order valence-corrected chi connectivity index (χ1v) is 13.9. The van der Waals surface area contributed by atoms with Gasteiger partial charge in [0.1, 0.15) is 11.6 Å². The lowest BCUT2D eigenvalue weighted by Crippen LogP contribution is -2.36. The van der Waals surface area contributed by atoms with Gasteiger partial charge in [-0.3, -0.25) is 14.4 Å². The molecule has 0 aromatic rings. The summed E-state index contributed by atoms with van der Waals surface area (Å²) in [6.07, 6.45) is 6.73. The number of alkyl carbamates (subject to hydrolysis) is 1. The minimum atomic E-state index is -0.473. The average molecular weight is 511 g/mol. The van der Waals surface area contributed by atoms with Crippen LogP contribution >= 0.6 is 11.8 Å². The number of carbonyl (C=O) groups excluding carboxylic acids is 5. The number of nitrogens with one attached hydrogen (secondary N) is 4. The maximum atomic E-state index is 12.0. The van der Waals surface area contributed by atoms with E-state index in [-0.39, 0.29) is 54.5 Å². The highest BCUT2D eigenvalue weighted by Gasteiger charge is 2.42. The summed E-state index contributed by atoms with van der Waals surface area (Å²) in [6.45, 7) is 1.31. The van der Waals surface area contributed by atoms with Gasteiger partial charge in [-0.2, -0.15) is 11.8 Å². The molecule has 2 saturated heterocycles. The number of amides is 4. The minimum Gasteiger partial charge on any atom is -0.450 e. The molecule has 0 radical (unpaired) electrons. The Hall–Kier alpha value is -2.30. The van der Waals surface area contributed by atoms with Crippen LogP contribution in [-0.4, -0.2) is 72.4 Å². The van der Waals surface area contributed by atoms with Crippen molar-refractivity contribution in [2.75, 3.05) is 25.4 Å². The van der Waals surface area contributed by atoms with E-state index in [0.29, 0.717) is 50.4 Å². The van der Waals surface area contributed by atoms with Crippen molar-refractivity contribution in [2.45, 2.75) is 88.0 Å². The van der Waals surface area contributed by atoms with Crippen LogP contribution in [0, 0.1) is 5.92 Å². The van der Waals surface area contributed by atoms with Gasteiger partial charge in [0, 0.05) is 42.9 Å². The lowest BCUT2D eigenvalue weighted by Gasteiger charge is -2.19. The summed E-state index contributed by atoms with van der Waals surface area (Å²) in [5.74, 6) is 0.951. The van der Waals surface area contributed by atoms with Gasteiger partial charge in [-0.25, -0.2) is 9.59 Å². The van der Waals surface area contributed by atoms with Crippen molar-refractivity contribution in [3.63, 3.8) is 0 Å². The summed E-state index contributed by atoms with van der Waals surface area (Å²) < 4.78 is 5.13. The van der Waals surface area contributed by atoms with Crippen LogP contribution in [0.5, 0.6) is 0 Å². The van der Waals surface area contributed by atoms with Crippen LogP contribution in [0.3, 0.4) is 0 Å². The Bertz CT molecular complexity index is 779. The molecule has 4 unspecified atom stereocenters. The Morgan fingerprint density at radius 2 is 1.77 bits per heavy atom. The molecule has 0 aromatic heterocycles. The zero-order valence-electron chi connectivity index (χ0n) is 20.3. The van der Waals surface area contributed by atoms with Crippen molar-refractivity contribution in [2.24, 2.45) is 5.92 Å². The predicted octanol–water partition coefficient (Wildman–Crippen LogP) is 2.05. The Balaban J connectivity index is 1.09. The van der Waals surface area contributed by atoms with E-state index in [0.717, 1.165) is 37.9 Å². The molecule has 3 fully saturated rings. The number of hydrogen-bond donors (Lipinski definition) is 4. The first kappa shape index (κ1) is 27.3. The number of ether oxygens (including phenoxy) is 1. The van der Waals surface area contributed by atoms with Crippen LogP contribution in [0.1, 0.15) is 70.6 Å². The zero-order chi connectivity index (χ0) is 25.0. The van der Waals surface area contributed by atoms with E-state index in [1.54, 1.807) is 0 Å². The van der Waals surface area contributed by atoms with Gasteiger partial charge in [0.2, 0.25) is 5.91 Å². The highest BCUT2D eigenvalue weighted by Crippen LogP contribution is 2.33. The maximum Gasteiger partial charge on any atom is 0.407 e. The second-order valence-electron chi connectivity index (χ2n) is 9.55. The van der Waals surface area contributed by atoms with Gasteiger partial charge in [0.15, 0.2) is 0 Å². The number of hydrogen-bond acceptors (Lipinski definition) is 7. The molecule has 35 heavy (non-hydrogen) atoms. The molecular formula is C24H38N4O6S. The van der Waals surface area contributed by atoms with E-state index in [2.05, 4.69) is 21.3 Å². The third kappa shape index (κ3) is 9.35. The number of thioether (sulfide) groups is 1. The maximum absolute atomic E-state index is 12.0. The molecule has 10 nitrogen and oxygen atoms in total. The zero-order valence-corrected chi connectivity index (χ0v) is 21.1. The normalized spacial score (nSPS) is 25.5. The number of urea groups is 1. The summed E-state index contributed by atoms with van der Waals surface area (Å²) in [7, 11) is 0. The fourth-order valence-corrected chi connectivity index (χ4v) is 6.35. The Kier molecular flexibility index (Phi) is 11.2. The van der Waals surface area contributed by atoms with Crippen LogP contribution in [0.15, 0.2) is 0 Å². The fraction of sp³-hybridized carbons (Fsp3) is 0.792. The standard InChI is InChI=1S/C24H38N4O6S/c29-17-10-9-16(19(30)14-17)6-5-13-34-24(33)26-12-4-3-11-25-21(31)8-2-1-7-20-22-18(15-35-20)27-23(32)28-22/h16,18,20,22H,1-15H2,(H,25,31)(H,26,33)(H2,27,28,32). The highest BCUT2D eigenvalue weighted by atomic mass is 32.2. The van der Waals surface area contributed by atoms with Gasteiger partial charge in [0.25, 0.3) is 0 Å². The van der Waals surface area contributed by atoms with Crippen molar-refractivity contribution >= 4 is 41.4 Å². The third-order valence-corrected chi connectivity index (χ3v) is 8.31. The molecule has 2 heterocycles. The summed E-state index contributed by atoms with van der Waals surface area (Å²) in [6, 6.07) is 0.387. The topological polar surface area (TPSA) is 143 Å². The van der Waals surface area contributed by atoms with Gasteiger partial charge in [-0.05, 0) is 44.9 Å². The van der Waals surface area contributed by atoms with Gasteiger partial charge >= 0.3 is 12.1 Å². The quantitative estimate of drug-likeness (QED) is 0.159. The second-order valence-corrected chi connectivity index (χ2v) is 10.8. The third-order valence-electron chi connectivity index (χ3n) is 6.80. The van der Waals surface area contributed by atoms with Crippen LogP contribution in [-0.2, 0) is 19.1 Å². The fourth-order valence-electron chi connectivity index (χ4n) is 4.80. The molecule has 4 amide bonds. The van der Waals surface area contributed by atoms with E-state index in [1.807, 2.05) is 11.8 Å². The SMILES string of the molecule is O=C1CCC(CCCOC(=O)NCCCCNC(=O)CCCCC2SCC3NC(=O)NC32)C(=O)C1. The minimum absolute atomic E-state index is 0.0111. The first-order chi connectivity index (χ1) is 16.9. The van der Waals surface area contributed by atoms with Gasteiger partial charge in [-0.1, -0.05) is 6.42 Å². The molecule has 0 bridgehead atoms. The second kappa shape index (κ2) is 14.3. The first-order valence-electron chi connectivity index (χ1n) is 12.8. The molecule has 0 spiro atoms. The average Bonchev–Trinajstić information content (AvgIpc) is 3.37. The summed E-state index contributed by atoms with van der Waals surface area (Å²) in [4.78, 5) is 58.1. The van der Waals surface area contributed by atoms with Crippen molar-refractivity contribution in [3.8, 4) is 0 Å². The van der Waals surface area contributed by atoms with Crippen LogP contribution in [0.4, 0.5) is 9.59 Å². The summed E-state index contributed by atoms with van der Waals surface area (Å²) >= 11 is 1.89. The van der Waals surface area contributed by atoms with E-state index in [9.17, 15) is 24.0 Å². The summed E-state index contributed by atoms with van der Waals surface area (Å²) in [5, 5.41) is 12.0. The molecule has 196 valence electrons. The molecular weight excluding hydrogens is 472 g/mol. The number of Topliss-reactive ketones (excluding diaryl/α,β-unsaturated/α-hetero) is 2. The van der Waals surface area contributed by atoms with Gasteiger partial charge < -0.3 is 26.0 Å². The molecule has 11 heteroatoms. The van der Waals surface area contributed by atoms with Crippen LogP contribution in [0.25, 0.3) is 0 Å². The smallest absolute Gasteiger partial charge is 0.407 e. The van der Waals surface area contributed by atoms with Crippen LogP contribution in [0.2, 0.25) is 0 Å². The molecule has 1 aliphatic carbocycles.